The fourth-order valence-corrected chi connectivity index (χ4v) is 3.99. The average Bonchev–Trinajstić information content (AvgIpc) is 2.98. The first-order chi connectivity index (χ1) is 11.9. The van der Waals surface area contributed by atoms with Gasteiger partial charge in [-0.2, -0.15) is 4.37 Å². The summed E-state index contributed by atoms with van der Waals surface area (Å²) in [6.45, 7) is 0. The summed E-state index contributed by atoms with van der Waals surface area (Å²) >= 11 is 4.79. The number of nitrogens with zero attached hydrogens (tertiary/aromatic N) is 1. The van der Waals surface area contributed by atoms with Crippen LogP contribution in [0.4, 0.5) is 13.2 Å². The van der Waals surface area contributed by atoms with E-state index in [0.717, 1.165) is 36.6 Å². The Labute approximate surface area is 153 Å². The van der Waals surface area contributed by atoms with Crippen molar-refractivity contribution in [3.05, 3.63) is 59.1 Å². The number of benzene rings is 3. The number of aromatic nitrogens is 1. The Bertz CT molecular complexity index is 1070. The maximum absolute atomic E-state index is 12.3. The lowest BCUT2D eigenvalue weighted by Crippen LogP contribution is -2.16. The van der Waals surface area contributed by atoms with Gasteiger partial charge < -0.3 is 4.74 Å². The smallest absolute Gasteiger partial charge is 0.406 e. The lowest BCUT2D eigenvalue weighted by atomic mass is 10.0. The summed E-state index contributed by atoms with van der Waals surface area (Å²) in [7, 11) is 0. The third kappa shape index (κ3) is 3.21. The van der Waals surface area contributed by atoms with E-state index in [9.17, 15) is 13.2 Å². The molecular formula is C18H9BrF3NOS. The zero-order valence-electron chi connectivity index (χ0n) is 12.5. The van der Waals surface area contributed by atoms with E-state index in [-0.39, 0.29) is 5.75 Å². The summed E-state index contributed by atoms with van der Waals surface area (Å²) in [6.07, 6.45) is -4.69. The first kappa shape index (κ1) is 16.4. The first-order valence-electron chi connectivity index (χ1n) is 7.24. The highest BCUT2D eigenvalue weighted by molar-refractivity contribution is 9.10. The van der Waals surface area contributed by atoms with E-state index in [2.05, 4.69) is 25.0 Å². The Balaban J connectivity index is 1.78. The second kappa shape index (κ2) is 6.00. The van der Waals surface area contributed by atoms with Crippen molar-refractivity contribution in [3.8, 4) is 16.2 Å². The van der Waals surface area contributed by atoms with Crippen LogP contribution in [0.3, 0.4) is 0 Å². The number of hydrogen-bond donors (Lipinski definition) is 0. The maximum atomic E-state index is 12.3. The molecule has 0 fully saturated rings. The zero-order chi connectivity index (χ0) is 17.6. The summed E-state index contributed by atoms with van der Waals surface area (Å²) in [4.78, 5) is 0.915. The molecule has 3 aromatic carbocycles. The molecule has 0 aliphatic heterocycles. The van der Waals surface area contributed by atoms with Crippen molar-refractivity contribution >= 4 is 49.1 Å². The van der Waals surface area contributed by atoms with Gasteiger partial charge >= 0.3 is 6.36 Å². The van der Waals surface area contributed by atoms with Gasteiger partial charge in [0.25, 0.3) is 0 Å². The minimum Gasteiger partial charge on any atom is -0.406 e. The molecule has 0 aliphatic carbocycles. The molecule has 4 rings (SSSR count). The highest BCUT2D eigenvalue weighted by Crippen LogP contribution is 2.37. The highest BCUT2D eigenvalue weighted by atomic mass is 79.9. The van der Waals surface area contributed by atoms with Crippen molar-refractivity contribution in [1.29, 1.82) is 0 Å². The van der Waals surface area contributed by atoms with Crippen LogP contribution in [0, 0.1) is 0 Å². The third-order valence-corrected chi connectivity index (χ3v) is 5.18. The van der Waals surface area contributed by atoms with Gasteiger partial charge in [-0.3, -0.25) is 0 Å². The van der Waals surface area contributed by atoms with E-state index in [4.69, 9.17) is 0 Å². The minimum absolute atomic E-state index is 0.236. The lowest BCUT2D eigenvalue weighted by Gasteiger charge is -2.09. The van der Waals surface area contributed by atoms with Gasteiger partial charge in [-0.25, -0.2) is 0 Å². The molecule has 2 nitrogen and oxygen atoms in total. The van der Waals surface area contributed by atoms with Crippen LogP contribution in [0.5, 0.6) is 5.75 Å². The number of rotatable bonds is 2. The van der Waals surface area contributed by atoms with Crippen LogP contribution in [0.1, 0.15) is 0 Å². The quantitative estimate of drug-likeness (QED) is 0.354. The van der Waals surface area contributed by atoms with E-state index in [1.807, 2.05) is 30.3 Å². The van der Waals surface area contributed by atoms with E-state index >= 15 is 0 Å². The molecule has 1 aromatic heterocycles. The van der Waals surface area contributed by atoms with Crippen molar-refractivity contribution in [1.82, 2.24) is 4.37 Å². The average molecular weight is 424 g/mol. The molecule has 25 heavy (non-hydrogen) atoms. The Kier molecular flexibility index (Phi) is 3.92. The molecule has 126 valence electrons. The molecule has 7 heteroatoms. The Morgan fingerprint density at radius 2 is 1.64 bits per heavy atom. The van der Waals surface area contributed by atoms with E-state index in [0.29, 0.717) is 0 Å². The molecule has 0 aliphatic rings. The summed E-state index contributed by atoms with van der Waals surface area (Å²) in [6, 6.07) is 15.8. The van der Waals surface area contributed by atoms with Gasteiger partial charge in [0, 0.05) is 15.2 Å². The standard InChI is InChI=1S/C18H9BrF3NOS/c19-12-4-8-14-11(9-12)3-7-15-16(14)23-25-17(15)10-1-5-13(6-2-10)24-18(20,21)22/h1-9H. The maximum Gasteiger partial charge on any atom is 0.573 e. The summed E-state index contributed by atoms with van der Waals surface area (Å²) in [5.41, 5.74) is 1.69. The van der Waals surface area contributed by atoms with Gasteiger partial charge in [0.2, 0.25) is 0 Å². The van der Waals surface area contributed by atoms with Crippen LogP contribution >= 0.6 is 27.5 Å². The molecule has 0 atom stereocenters. The normalized spacial score (nSPS) is 12.0. The Morgan fingerprint density at radius 1 is 0.920 bits per heavy atom. The van der Waals surface area contributed by atoms with Crippen molar-refractivity contribution < 1.29 is 17.9 Å². The molecule has 0 unspecified atom stereocenters. The fraction of sp³-hybridized carbons (Fsp3) is 0.0556. The van der Waals surface area contributed by atoms with Crippen molar-refractivity contribution in [2.24, 2.45) is 0 Å². The van der Waals surface area contributed by atoms with E-state index < -0.39 is 6.36 Å². The molecule has 4 aromatic rings. The van der Waals surface area contributed by atoms with Gasteiger partial charge in [-0.1, -0.05) is 34.1 Å². The Hall–Kier alpha value is -2.12. The SMILES string of the molecule is FC(F)(F)Oc1ccc(-c2snc3c2ccc2cc(Br)ccc23)cc1. The van der Waals surface area contributed by atoms with Crippen LogP contribution in [-0.4, -0.2) is 10.7 Å². The monoisotopic (exact) mass is 423 g/mol. The van der Waals surface area contributed by atoms with Gasteiger partial charge in [0.15, 0.2) is 0 Å². The number of alkyl halides is 3. The van der Waals surface area contributed by atoms with Gasteiger partial charge in [0.1, 0.15) is 5.75 Å². The summed E-state index contributed by atoms with van der Waals surface area (Å²) in [5, 5.41) is 3.09. The summed E-state index contributed by atoms with van der Waals surface area (Å²) in [5.74, 6) is -0.236. The van der Waals surface area contributed by atoms with E-state index in [1.165, 1.54) is 23.7 Å². The number of halogens is 4. The van der Waals surface area contributed by atoms with E-state index in [1.54, 1.807) is 12.1 Å². The lowest BCUT2D eigenvalue weighted by molar-refractivity contribution is -0.274. The van der Waals surface area contributed by atoms with Crippen molar-refractivity contribution in [2.45, 2.75) is 6.36 Å². The molecule has 0 amide bonds. The molecule has 0 radical (unpaired) electrons. The summed E-state index contributed by atoms with van der Waals surface area (Å²) < 4.78 is 46.3. The molecule has 0 bridgehead atoms. The van der Waals surface area contributed by atoms with Crippen LogP contribution in [0.15, 0.2) is 59.1 Å². The fourth-order valence-electron chi connectivity index (χ4n) is 2.72. The Morgan fingerprint density at radius 3 is 2.36 bits per heavy atom. The van der Waals surface area contributed by atoms with Crippen LogP contribution < -0.4 is 4.74 Å². The third-order valence-electron chi connectivity index (χ3n) is 3.78. The molecule has 0 spiro atoms. The number of fused-ring (bicyclic) bond motifs is 3. The van der Waals surface area contributed by atoms with Gasteiger partial charge in [-0.05, 0) is 58.9 Å². The molecule has 0 N–H and O–H groups in total. The van der Waals surface area contributed by atoms with Gasteiger partial charge in [-0.15, -0.1) is 13.2 Å². The number of hydrogen-bond acceptors (Lipinski definition) is 3. The molecule has 0 saturated heterocycles. The number of ether oxygens (including phenoxy) is 1. The minimum atomic E-state index is -4.69. The highest BCUT2D eigenvalue weighted by Gasteiger charge is 2.31. The predicted molar refractivity (Wildman–Crippen MR) is 96.9 cm³/mol. The van der Waals surface area contributed by atoms with Crippen LogP contribution in [0.2, 0.25) is 0 Å². The second-order valence-electron chi connectivity index (χ2n) is 5.41. The molecular weight excluding hydrogens is 415 g/mol. The zero-order valence-corrected chi connectivity index (χ0v) is 14.9. The van der Waals surface area contributed by atoms with Crippen LogP contribution in [0.25, 0.3) is 32.1 Å². The van der Waals surface area contributed by atoms with Crippen molar-refractivity contribution in [2.75, 3.05) is 0 Å². The first-order valence-corrected chi connectivity index (χ1v) is 8.81. The van der Waals surface area contributed by atoms with Crippen LogP contribution in [-0.2, 0) is 0 Å². The largest absolute Gasteiger partial charge is 0.573 e. The van der Waals surface area contributed by atoms with Crippen molar-refractivity contribution in [3.63, 3.8) is 0 Å². The molecule has 1 heterocycles. The van der Waals surface area contributed by atoms with Gasteiger partial charge in [0.05, 0.1) is 10.4 Å². The predicted octanol–water partition coefficient (Wildman–Crippen LogP) is 6.78. The molecule has 0 saturated carbocycles. The second-order valence-corrected chi connectivity index (χ2v) is 7.10. The topological polar surface area (TPSA) is 22.1 Å².